The summed E-state index contributed by atoms with van der Waals surface area (Å²) in [6.07, 6.45) is 1.66. The molecule has 7 nitrogen and oxygen atoms in total. The zero-order chi connectivity index (χ0) is 22.8. The largest absolute Gasteiger partial charge is 0.379 e. The topological polar surface area (TPSA) is 70.6 Å². The van der Waals surface area contributed by atoms with Crippen molar-refractivity contribution in [1.29, 1.82) is 0 Å². The summed E-state index contributed by atoms with van der Waals surface area (Å²) in [4.78, 5) is 28.3. The second-order valence-corrected chi connectivity index (χ2v) is 10.1. The van der Waals surface area contributed by atoms with Gasteiger partial charge < -0.3 is 15.0 Å². The summed E-state index contributed by atoms with van der Waals surface area (Å²) in [5.74, 6) is 2.04. The van der Waals surface area contributed by atoms with E-state index in [-0.39, 0.29) is 5.91 Å². The number of aromatic nitrogens is 2. The molecule has 0 atom stereocenters. The maximum Gasteiger partial charge on any atom is 0.222 e. The molecule has 0 unspecified atom stereocenters. The molecule has 2 aliphatic heterocycles. The number of thiophene rings is 1. The summed E-state index contributed by atoms with van der Waals surface area (Å²) in [7, 11) is 0. The molecule has 3 aromatic rings. The molecule has 4 heterocycles. The fourth-order valence-electron chi connectivity index (χ4n) is 4.49. The number of amides is 1. The Bertz CT molecular complexity index is 1140. The van der Waals surface area contributed by atoms with Crippen LogP contribution < -0.4 is 5.32 Å². The van der Waals surface area contributed by atoms with Crippen LogP contribution in [0.15, 0.2) is 24.3 Å². The van der Waals surface area contributed by atoms with Crippen molar-refractivity contribution < 1.29 is 9.53 Å². The van der Waals surface area contributed by atoms with Crippen molar-refractivity contribution in [3.63, 3.8) is 0 Å². The van der Waals surface area contributed by atoms with Crippen LogP contribution in [0.2, 0.25) is 0 Å². The third-order valence-electron chi connectivity index (χ3n) is 6.57. The number of carbonyl (C=O) groups is 1. The Morgan fingerprint density at radius 2 is 1.79 bits per heavy atom. The van der Waals surface area contributed by atoms with E-state index in [1.807, 2.05) is 4.90 Å². The molecule has 2 fully saturated rings. The van der Waals surface area contributed by atoms with Crippen molar-refractivity contribution in [1.82, 2.24) is 19.8 Å². The van der Waals surface area contributed by atoms with Crippen LogP contribution in [-0.2, 0) is 29.2 Å². The Labute approximate surface area is 198 Å². The van der Waals surface area contributed by atoms with Crippen LogP contribution in [0.25, 0.3) is 10.2 Å². The fraction of sp³-hybridized carbons (Fsp3) is 0.480. The summed E-state index contributed by atoms with van der Waals surface area (Å²) < 4.78 is 5.48. The van der Waals surface area contributed by atoms with Gasteiger partial charge in [-0.25, -0.2) is 9.97 Å². The fourth-order valence-corrected chi connectivity index (χ4v) is 5.54. The first-order valence-electron chi connectivity index (χ1n) is 11.7. The number of benzene rings is 1. The predicted octanol–water partition coefficient (Wildman–Crippen LogP) is 3.87. The first kappa shape index (κ1) is 22.3. The van der Waals surface area contributed by atoms with Gasteiger partial charge in [-0.1, -0.05) is 24.3 Å². The number of fused-ring (bicyclic) bond motifs is 1. The summed E-state index contributed by atoms with van der Waals surface area (Å²) in [5, 5.41) is 4.72. The molecule has 1 N–H and O–H groups in total. The number of carbonyl (C=O) groups excluding carboxylic acids is 1. The molecule has 5 rings (SSSR count). The number of hydrogen-bond donors (Lipinski definition) is 1. The third kappa shape index (κ3) is 5.03. The second-order valence-electron chi connectivity index (χ2n) is 8.93. The lowest BCUT2D eigenvalue weighted by molar-refractivity contribution is -0.128. The third-order valence-corrected chi connectivity index (χ3v) is 7.67. The van der Waals surface area contributed by atoms with Gasteiger partial charge in [-0.15, -0.1) is 11.3 Å². The highest BCUT2D eigenvalue weighted by atomic mass is 32.1. The molecule has 174 valence electrons. The quantitative estimate of drug-likeness (QED) is 0.571. The van der Waals surface area contributed by atoms with E-state index < -0.39 is 0 Å². The number of hydrogen-bond acceptors (Lipinski definition) is 7. The van der Waals surface area contributed by atoms with Crippen molar-refractivity contribution in [2.45, 2.75) is 46.3 Å². The van der Waals surface area contributed by atoms with Gasteiger partial charge in [0.1, 0.15) is 16.5 Å². The average Bonchev–Trinajstić information content (AvgIpc) is 3.35. The molecule has 0 bridgehead atoms. The highest BCUT2D eigenvalue weighted by Crippen LogP contribution is 2.33. The van der Waals surface area contributed by atoms with E-state index in [0.717, 1.165) is 67.7 Å². The van der Waals surface area contributed by atoms with Gasteiger partial charge in [0.15, 0.2) is 0 Å². The van der Waals surface area contributed by atoms with Crippen molar-refractivity contribution in [2.24, 2.45) is 0 Å². The molecule has 8 heteroatoms. The standard InChI is InChI=1S/C25H31N5O2S/c1-17-18(2)33-25-23(17)24(27-21(28-25)16-29-10-12-32-13-11-29)26-14-19-5-7-20(8-6-19)15-30-9-3-4-22(30)31/h5-8H,3-4,9-16H2,1-2H3,(H,26,27,28). The monoisotopic (exact) mass is 465 g/mol. The van der Waals surface area contributed by atoms with Crippen LogP contribution in [0.1, 0.15) is 40.2 Å². The first-order chi connectivity index (χ1) is 16.1. The van der Waals surface area contributed by atoms with Crippen LogP contribution in [0.3, 0.4) is 0 Å². The van der Waals surface area contributed by atoms with Crippen molar-refractivity contribution in [3.05, 3.63) is 51.7 Å². The smallest absolute Gasteiger partial charge is 0.222 e. The van der Waals surface area contributed by atoms with E-state index in [1.54, 1.807) is 11.3 Å². The molecule has 0 radical (unpaired) electrons. The van der Waals surface area contributed by atoms with Crippen LogP contribution in [0.4, 0.5) is 5.82 Å². The molecule has 0 spiro atoms. The zero-order valence-electron chi connectivity index (χ0n) is 19.4. The SMILES string of the molecule is Cc1sc2nc(CN3CCOCC3)nc(NCc3ccc(CN4CCCC4=O)cc3)c2c1C. The normalized spacial score (nSPS) is 17.3. The molecule has 0 aliphatic carbocycles. The Kier molecular flexibility index (Phi) is 6.57. The molecule has 0 saturated carbocycles. The number of ether oxygens (including phenoxy) is 1. The lowest BCUT2D eigenvalue weighted by Gasteiger charge is -2.25. The number of rotatable bonds is 7. The number of nitrogens with zero attached hydrogens (tertiary/aromatic N) is 4. The maximum absolute atomic E-state index is 11.9. The Morgan fingerprint density at radius 3 is 2.52 bits per heavy atom. The Balaban J connectivity index is 1.31. The number of likely N-dealkylation sites (tertiary alicyclic amines) is 1. The summed E-state index contributed by atoms with van der Waals surface area (Å²) >= 11 is 1.74. The van der Waals surface area contributed by atoms with Crippen LogP contribution in [-0.4, -0.2) is 58.5 Å². The second kappa shape index (κ2) is 9.75. The van der Waals surface area contributed by atoms with Crippen molar-refractivity contribution >= 4 is 33.3 Å². The minimum Gasteiger partial charge on any atom is -0.379 e. The Morgan fingerprint density at radius 1 is 1.03 bits per heavy atom. The number of morpholine rings is 1. The molecule has 1 aromatic carbocycles. The molecule has 2 saturated heterocycles. The van der Waals surface area contributed by atoms with Crippen LogP contribution in [0, 0.1) is 13.8 Å². The lowest BCUT2D eigenvalue weighted by Crippen LogP contribution is -2.36. The lowest BCUT2D eigenvalue weighted by atomic mass is 10.1. The molecule has 2 aliphatic rings. The molecule has 33 heavy (non-hydrogen) atoms. The van der Waals surface area contributed by atoms with E-state index in [2.05, 4.69) is 48.3 Å². The minimum absolute atomic E-state index is 0.267. The summed E-state index contributed by atoms with van der Waals surface area (Å²) in [6.45, 7) is 10.7. The van der Waals surface area contributed by atoms with Gasteiger partial charge in [0.05, 0.1) is 25.1 Å². The van der Waals surface area contributed by atoms with E-state index in [0.29, 0.717) is 19.5 Å². The number of nitrogens with one attached hydrogen (secondary N) is 1. The molecule has 2 aromatic heterocycles. The minimum atomic E-state index is 0.267. The molecular weight excluding hydrogens is 434 g/mol. The van der Waals surface area contributed by atoms with Crippen molar-refractivity contribution in [3.8, 4) is 0 Å². The van der Waals surface area contributed by atoms with Gasteiger partial charge in [-0.05, 0) is 37.0 Å². The highest BCUT2D eigenvalue weighted by molar-refractivity contribution is 7.18. The average molecular weight is 466 g/mol. The predicted molar refractivity (Wildman–Crippen MR) is 131 cm³/mol. The van der Waals surface area contributed by atoms with Crippen LogP contribution in [0.5, 0.6) is 0 Å². The number of aryl methyl sites for hydroxylation is 2. The maximum atomic E-state index is 11.9. The zero-order valence-corrected chi connectivity index (χ0v) is 20.2. The summed E-state index contributed by atoms with van der Waals surface area (Å²) in [5.41, 5.74) is 3.62. The van der Waals surface area contributed by atoms with Crippen LogP contribution >= 0.6 is 11.3 Å². The van der Waals surface area contributed by atoms with Gasteiger partial charge in [0, 0.05) is 44.0 Å². The molecular formula is C25H31N5O2S. The summed E-state index contributed by atoms with van der Waals surface area (Å²) in [6, 6.07) is 8.54. The highest BCUT2D eigenvalue weighted by Gasteiger charge is 2.20. The first-order valence-corrected chi connectivity index (χ1v) is 12.5. The van der Waals surface area contributed by atoms with E-state index in [9.17, 15) is 4.79 Å². The van der Waals surface area contributed by atoms with Gasteiger partial charge >= 0.3 is 0 Å². The van der Waals surface area contributed by atoms with Gasteiger partial charge in [0.25, 0.3) is 0 Å². The van der Waals surface area contributed by atoms with Gasteiger partial charge in [-0.2, -0.15) is 0 Å². The molecule has 1 amide bonds. The van der Waals surface area contributed by atoms with Gasteiger partial charge in [0.2, 0.25) is 5.91 Å². The van der Waals surface area contributed by atoms with E-state index >= 15 is 0 Å². The number of anilines is 1. The van der Waals surface area contributed by atoms with E-state index in [1.165, 1.54) is 21.6 Å². The van der Waals surface area contributed by atoms with Gasteiger partial charge in [-0.3, -0.25) is 9.69 Å². The van der Waals surface area contributed by atoms with Crippen molar-refractivity contribution in [2.75, 3.05) is 38.2 Å². The van der Waals surface area contributed by atoms with E-state index in [4.69, 9.17) is 14.7 Å². The Hall–Kier alpha value is -2.55.